The topological polar surface area (TPSA) is 120 Å². The molecule has 9 heteroatoms. The summed E-state index contributed by atoms with van der Waals surface area (Å²) >= 11 is 0. The first kappa shape index (κ1) is 19.9. The average molecular weight is 408 g/mol. The average Bonchev–Trinajstić information content (AvgIpc) is 3.49. The van der Waals surface area contributed by atoms with Crippen LogP contribution < -0.4 is 5.32 Å². The van der Waals surface area contributed by atoms with Gasteiger partial charge in [0.15, 0.2) is 11.6 Å². The Bertz CT molecular complexity index is 1040. The Morgan fingerprint density at radius 3 is 2.53 bits per heavy atom. The molecule has 1 aromatic carbocycles. The summed E-state index contributed by atoms with van der Waals surface area (Å²) in [6.45, 7) is 6.18. The van der Waals surface area contributed by atoms with Crippen molar-refractivity contribution in [1.29, 1.82) is 0 Å². The maximum atomic E-state index is 10.9. The van der Waals surface area contributed by atoms with Crippen LogP contribution in [-0.2, 0) is 6.42 Å². The van der Waals surface area contributed by atoms with Gasteiger partial charge in [0, 0.05) is 35.4 Å². The Labute approximate surface area is 174 Å². The molecular weight excluding hydrogens is 384 g/mol. The van der Waals surface area contributed by atoms with Crippen LogP contribution in [0, 0.1) is 16.0 Å². The minimum absolute atomic E-state index is 0.0338. The largest absolute Gasteiger partial charge is 0.358 e. The summed E-state index contributed by atoms with van der Waals surface area (Å²) in [5, 5.41) is 18.5. The highest BCUT2D eigenvalue weighted by Crippen LogP contribution is 2.39. The standard InChI is InChI=1S/C21H24N6O3/c1-4-15-11-17(24-19(22-15)13-7-9-16(10-8-13)27(28)29)23-18(12(2)3)21-25-20(26-30-21)14-5-6-14/h7-12,14,18H,4-6H2,1-3H3,(H,22,23,24)/t18-/m0/s1. The zero-order chi connectivity index (χ0) is 21.3. The molecular formula is C21H24N6O3. The third-order valence-corrected chi connectivity index (χ3v) is 5.11. The molecule has 3 aromatic rings. The van der Waals surface area contributed by atoms with E-state index in [1.54, 1.807) is 12.1 Å². The summed E-state index contributed by atoms with van der Waals surface area (Å²) < 4.78 is 5.54. The molecule has 0 amide bonds. The lowest BCUT2D eigenvalue weighted by Crippen LogP contribution is -2.18. The van der Waals surface area contributed by atoms with Crippen molar-refractivity contribution in [1.82, 2.24) is 20.1 Å². The maximum Gasteiger partial charge on any atom is 0.269 e. The number of nitro benzene ring substituents is 1. The quantitative estimate of drug-likeness (QED) is 0.421. The molecule has 0 bridgehead atoms. The number of aryl methyl sites for hydroxylation is 1. The van der Waals surface area contributed by atoms with Crippen molar-refractivity contribution >= 4 is 11.5 Å². The van der Waals surface area contributed by atoms with E-state index in [4.69, 9.17) is 4.52 Å². The van der Waals surface area contributed by atoms with Crippen LogP contribution in [0.4, 0.5) is 11.5 Å². The fourth-order valence-electron chi connectivity index (χ4n) is 3.17. The Morgan fingerprint density at radius 2 is 1.93 bits per heavy atom. The van der Waals surface area contributed by atoms with Gasteiger partial charge < -0.3 is 9.84 Å². The Morgan fingerprint density at radius 1 is 1.20 bits per heavy atom. The van der Waals surface area contributed by atoms with Crippen LogP contribution in [0.1, 0.15) is 63.0 Å². The van der Waals surface area contributed by atoms with Crippen LogP contribution in [0.15, 0.2) is 34.9 Å². The fraction of sp³-hybridized carbons (Fsp3) is 0.429. The molecule has 2 heterocycles. The molecule has 0 radical (unpaired) electrons. The van der Waals surface area contributed by atoms with E-state index < -0.39 is 4.92 Å². The molecule has 1 N–H and O–H groups in total. The Kier molecular flexibility index (Phi) is 5.43. The molecule has 1 fully saturated rings. The van der Waals surface area contributed by atoms with Gasteiger partial charge in [-0.15, -0.1) is 0 Å². The van der Waals surface area contributed by atoms with Crippen molar-refractivity contribution in [2.75, 3.05) is 5.32 Å². The van der Waals surface area contributed by atoms with E-state index >= 15 is 0 Å². The maximum absolute atomic E-state index is 10.9. The lowest BCUT2D eigenvalue weighted by Gasteiger charge is -2.20. The first-order valence-corrected chi connectivity index (χ1v) is 10.2. The van der Waals surface area contributed by atoms with E-state index in [-0.39, 0.29) is 17.6 Å². The molecule has 2 aromatic heterocycles. The summed E-state index contributed by atoms with van der Waals surface area (Å²) in [7, 11) is 0. The Hall–Kier alpha value is -3.36. The molecule has 1 aliphatic carbocycles. The number of nitrogens with zero attached hydrogens (tertiary/aromatic N) is 5. The minimum Gasteiger partial charge on any atom is -0.358 e. The number of aromatic nitrogens is 4. The predicted molar refractivity (Wildman–Crippen MR) is 111 cm³/mol. The zero-order valence-electron chi connectivity index (χ0n) is 17.2. The van der Waals surface area contributed by atoms with Crippen molar-refractivity contribution in [3.63, 3.8) is 0 Å². The highest BCUT2D eigenvalue weighted by Gasteiger charge is 2.31. The second-order valence-corrected chi connectivity index (χ2v) is 7.86. The molecule has 156 valence electrons. The van der Waals surface area contributed by atoms with Crippen molar-refractivity contribution in [2.24, 2.45) is 5.92 Å². The normalized spacial score (nSPS) is 14.7. The van der Waals surface area contributed by atoms with Gasteiger partial charge >= 0.3 is 0 Å². The molecule has 1 saturated carbocycles. The van der Waals surface area contributed by atoms with Gasteiger partial charge in [-0.1, -0.05) is 25.9 Å². The van der Waals surface area contributed by atoms with Crippen molar-refractivity contribution in [3.05, 3.63) is 57.9 Å². The first-order valence-electron chi connectivity index (χ1n) is 10.2. The number of nitro groups is 1. The summed E-state index contributed by atoms with van der Waals surface area (Å²) in [6.07, 6.45) is 2.96. The fourth-order valence-corrected chi connectivity index (χ4v) is 3.17. The third kappa shape index (κ3) is 4.29. The second-order valence-electron chi connectivity index (χ2n) is 7.86. The van der Waals surface area contributed by atoms with Crippen molar-refractivity contribution in [2.45, 2.75) is 52.0 Å². The number of rotatable bonds is 8. The molecule has 1 aliphatic rings. The number of nitrogens with one attached hydrogen (secondary N) is 1. The SMILES string of the molecule is CCc1cc(N[C@H](c2nc(C3CC3)no2)C(C)C)nc(-c2ccc([N+](=O)[O-])cc2)n1. The molecule has 0 saturated heterocycles. The second kappa shape index (κ2) is 8.17. The number of benzene rings is 1. The van der Waals surface area contributed by atoms with Crippen molar-refractivity contribution in [3.8, 4) is 11.4 Å². The van der Waals surface area contributed by atoms with E-state index in [0.717, 1.165) is 30.8 Å². The smallest absolute Gasteiger partial charge is 0.269 e. The van der Waals surface area contributed by atoms with Crippen LogP contribution in [-0.4, -0.2) is 25.0 Å². The number of hydrogen-bond acceptors (Lipinski definition) is 8. The van der Waals surface area contributed by atoms with Crippen molar-refractivity contribution < 1.29 is 9.45 Å². The zero-order valence-corrected chi connectivity index (χ0v) is 17.2. The van der Waals surface area contributed by atoms with Crippen LogP contribution in [0.3, 0.4) is 0 Å². The number of anilines is 1. The first-order chi connectivity index (χ1) is 14.4. The minimum atomic E-state index is -0.423. The molecule has 0 unspecified atom stereocenters. The molecule has 4 rings (SSSR count). The summed E-state index contributed by atoms with van der Waals surface area (Å²) in [4.78, 5) is 24.3. The van der Waals surface area contributed by atoms with Gasteiger partial charge in [0.1, 0.15) is 11.9 Å². The summed E-state index contributed by atoms with van der Waals surface area (Å²) in [5.41, 5.74) is 1.62. The summed E-state index contributed by atoms with van der Waals surface area (Å²) in [6, 6.07) is 7.96. The van der Waals surface area contributed by atoms with Gasteiger partial charge in [0.05, 0.1) is 4.92 Å². The van der Waals surface area contributed by atoms with E-state index in [0.29, 0.717) is 29.0 Å². The number of hydrogen-bond donors (Lipinski definition) is 1. The van der Waals surface area contributed by atoms with Crippen LogP contribution in [0.25, 0.3) is 11.4 Å². The van der Waals surface area contributed by atoms with Gasteiger partial charge in [-0.2, -0.15) is 4.98 Å². The van der Waals surface area contributed by atoms with Gasteiger partial charge in [0.2, 0.25) is 5.89 Å². The highest BCUT2D eigenvalue weighted by atomic mass is 16.6. The highest BCUT2D eigenvalue weighted by molar-refractivity contribution is 5.59. The van der Waals surface area contributed by atoms with Crippen LogP contribution in [0.2, 0.25) is 0 Å². The summed E-state index contributed by atoms with van der Waals surface area (Å²) in [5.74, 6) is 3.12. The van der Waals surface area contributed by atoms with Gasteiger partial charge in [-0.25, -0.2) is 9.97 Å². The van der Waals surface area contributed by atoms with Crippen LogP contribution >= 0.6 is 0 Å². The van der Waals surface area contributed by atoms with E-state index in [1.807, 2.05) is 13.0 Å². The lowest BCUT2D eigenvalue weighted by atomic mass is 10.0. The van der Waals surface area contributed by atoms with Gasteiger partial charge in [-0.05, 0) is 37.3 Å². The van der Waals surface area contributed by atoms with Gasteiger partial charge in [-0.3, -0.25) is 10.1 Å². The molecule has 30 heavy (non-hydrogen) atoms. The van der Waals surface area contributed by atoms with Gasteiger partial charge in [0.25, 0.3) is 5.69 Å². The predicted octanol–water partition coefficient (Wildman–Crippen LogP) is 4.68. The van der Waals surface area contributed by atoms with Crippen LogP contribution in [0.5, 0.6) is 0 Å². The third-order valence-electron chi connectivity index (χ3n) is 5.11. The lowest BCUT2D eigenvalue weighted by molar-refractivity contribution is -0.384. The molecule has 9 nitrogen and oxygen atoms in total. The van der Waals surface area contributed by atoms with E-state index in [1.165, 1.54) is 12.1 Å². The number of non-ortho nitro benzene ring substituents is 1. The Balaban J connectivity index is 1.63. The molecule has 0 spiro atoms. The van der Waals surface area contributed by atoms with E-state index in [2.05, 4.69) is 39.3 Å². The molecule has 0 aliphatic heterocycles. The molecule has 1 atom stereocenters. The monoisotopic (exact) mass is 408 g/mol. The van der Waals surface area contributed by atoms with E-state index in [9.17, 15) is 10.1 Å².